The lowest BCUT2D eigenvalue weighted by Crippen LogP contribution is -2.44. The SMILES string of the molecule is CC1(CN2CCC(COc3ccc(-c4ccc(C(=O)N5CC[C@H](O)C5)c(F)c4)cc3F)CC2)CCC1. The second-order valence-electron chi connectivity index (χ2n) is 11.2. The first-order chi connectivity index (χ1) is 17.3. The molecule has 0 unspecified atom stereocenters. The third-order valence-corrected chi connectivity index (χ3v) is 8.26. The van der Waals surface area contributed by atoms with Gasteiger partial charge in [-0.2, -0.15) is 0 Å². The molecule has 2 aromatic rings. The minimum Gasteiger partial charge on any atom is -0.490 e. The van der Waals surface area contributed by atoms with Crippen LogP contribution in [-0.4, -0.2) is 66.2 Å². The number of likely N-dealkylation sites (tertiary alicyclic amines) is 2. The van der Waals surface area contributed by atoms with E-state index in [0.717, 1.165) is 25.9 Å². The number of ether oxygens (including phenoxy) is 1. The molecule has 1 N–H and O–H groups in total. The molecule has 36 heavy (non-hydrogen) atoms. The number of rotatable bonds is 7. The van der Waals surface area contributed by atoms with E-state index in [1.54, 1.807) is 18.2 Å². The zero-order valence-corrected chi connectivity index (χ0v) is 21.0. The summed E-state index contributed by atoms with van der Waals surface area (Å²) in [6.07, 6.45) is 6.10. The molecule has 1 aliphatic carbocycles. The van der Waals surface area contributed by atoms with Crippen LogP contribution in [0.4, 0.5) is 8.78 Å². The fourth-order valence-electron chi connectivity index (χ4n) is 5.76. The van der Waals surface area contributed by atoms with Crippen LogP contribution in [0.5, 0.6) is 5.75 Å². The Hall–Kier alpha value is -2.51. The van der Waals surface area contributed by atoms with Crippen molar-refractivity contribution in [3.8, 4) is 16.9 Å². The molecule has 3 aliphatic rings. The van der Waals surface area contributed by atoms with Gasteiger partial charge in [0.15, 0.2) is 11.6 Å². The Bertz CT molecular complexity index is 1100. The number of hydrogen-bond donors (Lipinski definition) is 1. The van der Waals surface area contributed by atoms with E-state index in [4.69, 9.17) is 4.74 Å². The molecule has 0 bridgehead atoms. The van der Waals surface area contributed by atoms with E-state index >= 15 is 0 Å². The fraction of sp³-hybridized carbons (Fsp3) is 0.552. The third kappa shape index (κ3) is 5.57. The summed E-state index contributed by atoms with van der Waals surface area (Å²) in [6, 6.07) is 8.97. The normalized spacial score (nSPS) is 22.4. The highest BCUT2D eigenvalue weighted by atomic mass is 19.1. The smallest absolute Gasteiger partial charge is 0.256 e. The molecule has 5 nitrogen and oxygen atoms in total. The number of aliphatic hydroxyl groups excluding tert-OH is 1. The van der Waals surface area contributed by atoms with Crippen LogP contribution in [0, 0.1) is 23.0 Å². The highest BCUT2D eigenvalue weighted by Gasteiger charge is 2.34. The molecule has 2 heterocycles. The van der Waals surface area contributed by atoms with Crippen molar-refractivity contribution in [2.45, 2.75) is 51.6 Å². The molecule has 2 aliphatic heterocycles. The van der Waals surface area contributed by atoms with Crippen molar-refractivity contribution in [2.75, 3.05) is 39.3 Å². The van der Waals surface area contributed by atoms with Crippen molar-refractivity contribution in [2.24, 2.45) is 11.3 Å². The maximum absolute atomic E-state index is 14.8. The van der Waals surface area contributed by atoms with Crippen molar-refractivity contribution in [3.63, 3.8) is 0 Å². The van der Waals surface area contributed by atoms with Crippen LogP contribution in [0.25, 0.3) is 11.1 Å². The van der Waals surface area contributed by atoms with E-state index in [1.807, 2.05) is 0 Å². The maximum atomic E-state index is 14.8. The minimum absolute atomic E-state index is 0.0406. The third-order valence-electron chi connectivity index (χ3n) is 8.26. The van der Waals surface area contributed by atoms with Gasteiger partial charge in [-0.05, 0) is 91.9 Å². The van der Waals surface area contributed by atoms with E-state index in [2.05, 4.69) is 11.8 Å². The number of hydrogen-bond acceptors (Lipinski definition) is 4. The van der Waals surface area contributed by atoms with E-state index < -0.39 is 23.6 Å². The van der Waals surface area contributed by atoms with Crippen molar-refractivity contribution in [1.82, 2.24) is 9.80 Å². The molecule has 2 saturated heterocycles. The van der Waals surface area contributed by atoms with Crippen LogP contribution >= 0.6 is 0 Å². The van der Waals surface area contributed by atoms with Gasteiger partial charge in [0.2, 0.25) is 0 Å². The van der Waals surface area contributed by atoms with Gasteiger partial charge in [-0.3, -0.25) is 4.79 Å². The van der Waals surface area contributed by atoms with E-state index in [-0.39, 0.29) is 17.9 Å². The molecule has 1 atom stereocenters. The summed E-state index contributed by atoms with van der Waals surface area (Å²) in [6.45, 7) is 6.85. The Morgan fingerprint density at radius 2 is 1.72 bits per heavy atom. The van der Waals surface area contributed by atoms with Gasteiger partial charge in [-0.15, -0.1) is 0 Å². The largest absolute Gasteiger partial charge is 0.490 e. The Kier molecular flexibility index (Phi) is 7.31. The zero-order chi connectivity index (χ0) is 25.3. The summed E-state index contributed by atoms with van der Waals surface area (Å²) in [4.78, 5) is 16.6. The minimum atomic E-state index is -0.655. The second kappa shape index (κ2) is 10.5. The molecule has 0 radical (unpaired) electrons. The summed E-state index contributed by atoms with van der Waals surface area (Å²) < 4.78 is 35.4. The quantitative estimate of drug-likeness (QED) is 0.576. The number of carbonyl (C=O) groups excluding carboxylic acids is 1. The second-order valence-corrected chi connectivity index (χ2v) is 11.2. The molecule has 0 spiro atoms. The monoisotopic (exact) mass is 498 g/mol. The summed E-state index contributed by atoms with van der Waals surface area (Å²) in [7, 11) is 0. The fourth-order valence-corrected chi connectivity index (χ4v) is 5.76. The highest BCUT2D eigenvalue weighted by Crippen LogP contribution is 2.41. The molecule has 1 amide bonds. The van der Waals surface area contributed by atoms with Gasteiger partial charge in [-0.25, -0.2) is 8.78 Å². The van der Waals surface area contributed by atoms with Gasteiger partial charge in [0.05, 0.1) is 18.3 Å². The van der Waals surface area contributed by atoms with Crippen molar-refractivity contribution in [1.29, 1.82) is 0 Å². The number of aliphatic hydroxyl groups is 1. The standard InChI is InChI=1S/C29H36F2N2O3/c1-29(10-2-11-29)19-32-12-7-20(8-13-32)18-36-27-6-4-22(16-26(27)31)21-3-5-24(25(30)15-21)28(35)33-14-9-23(34)17-33/h3-6,15-16,20,23,34H,2,7-14,17-19H2,1H3/t23-/m0/s1. The Balaban J connectivity index is 1.15. The van der Waals surface area contributed by atoms with Crippen molar-refractivity contribution < 1.29 is 23.4 Å². The molecular formula is C29H36F2N2O3. The predicted octanol–water partition coefficient (Wildman–Crippen LogP) is 5.12. The van der Waals surface area contributed by atoms with E-state index in [0.29, 0.717) is 42.0 Å². The summed E-state index contributed by atoms with van der Waals surface area (Å²) in [5.41, 5.74) is 1.47. The average molecular weight is 499 g/mol. The molecule has 2 aromatic carbocycles. The first kappa shape index (κ1) is 25.2. The zero-order valence-electron chi connectivity index (χ0n) is 21.0. The maximum Gasteiger partial charge on any atom is 0.256 e. The Morgan fingerprint density at radius 1 is 1.03 bits per heavy atom. The lowest BCUT2D eigenvalue weighted by atomic mass is 9.70. The summed E-state index contributed by atoms with van der Waals surface area (Å²) in [5, 5.41) is 9.64. The van der Waals surface area contributed by atoms with Gasteiger partial charge < -0.3 is 19.6 Å². The number of β-amino-alcohol motifs (C(OH)–C–C–N with tert-alkyl or cyclic N) is 1. The lowest BCUT2D eigenvalue weighted by Gasteiger charge is -2.44. The van der Waals surface area contributed by atoms with Gasteiger partial charge in [0.1, 0.15) is 5.82 Å². The number of nitrogens with zero attached hydrogens (tertiary/aromatic N) is 2. The summed E-state index contributed by atoms with van der Waals surface area (Å²) >= 11 is 0. The van der Waals surface area contributed by atoms with Crippen LogP contribution in [0.15, 0.2) is 36.4 Å². The molecule has 1 saturated carbocycles. The van der Waals surface area contributed by atoms with E-state index in [9.17, 15) is 18.7 Å². The number of benzene rings is 2. The van der Waals surface area contributed by atoms with Gasteiger partial charge in [0.25, 0.3) is 5.91 Å². The van der Waals surface area contributed by atoms with Crippen molar-refractivity contribution in [3.05, 3.63) is 53.6 Å². The van der Waals surface area contributed by atoms with Crippen LogP contribution in [-0.2, 0) is 0 Å². The molecule has 7 heteroatoms. The molecular weight excluding hydrogens is 462 g/mol. The highest BCUT2D eigenvalue weighted by molar-refractivity contribution is 5.95. The van der Waals surface area contributed by atoms with Crippen LogP contribution < -0.4 is 4.74 Å². The molecule has 3 fully saturated rings. The predicted molar refractivity (Wildman–Crippen MR) is 135 cm³/mol. The molecule has 5 rings (SSSR count). The van der Waals surface area contributed by atoms with Crippen LogP contribution in [0.2, 0.25) is 0 Å². The first-order valence-electron chi connectivity index (χ1n) is 13.2. The van der Waals surface area contributed by atoms with Crippen LogP contribution in [0.3, 0.4) is 0 Å². The van der Waals surface area contributed by atoms with Gasteiger partial charge in [0, 0.05) is 19.6 Å². The number of carbonyl (C=O) groups is 1. The number of piperidine rings is 1. The van der Waals surface area contributed by atoms with Crippen LogP contribution in [0.1, 0.15) is 55.8 Å². The molecule has 194 valence electrons. The topological polar surface area (TPSA) is 53.0 Å². The van der Waals surface area contributed by atoms with Gasteiger partial charge in [-0.1, -0.05) is 25.5 Å². The average Bonchev–Trinajstić information content (AvgIpc) is 3.29. The van der Waals surface area contributed by atoms with Gasteiger partial charge >= 0.3 is 0 Å². The first-order valence-corrected chi connectivity index (χ1v) is 13.2. The Morgan fingerprint density at radius 3 is 2.31 bits per heavy atom. The molecule has 0 aromatic heterocycles. The van der Waals surface area contributed by atoms with E-state index in [1.165, 1.54) is 48.9 Å². The van der Waals surface area contributed by atoms with Crippen molar-refractivity contribution >= 4 is 5.91 Å². The number of halogens is 2. The Labute approximate surface area is 212 Å². The lowest BCUT2D eigenvalue weighted by molar-refractivity contribution is 0.0561. The number of amides is 1. The summed E-state index contributed by atoms with van der Waals surface area (Å²) in [5.74, 6) is -0.936.